The van der Waals surface area contributed by atoms with Crippen LogP contribution in [0.5, 0.6) is 5.75 Å². The third-order valence-corrected chi connectivity index (χ3v) is 3.69. The first-order valence-electron chi connectivity index (χ1n) is 6.97. The molecule has 0 aliphatic rings. The Morgan fingerprint density at radius 2 is 2.00 bits per heavy atom. The summed E-state index contributed by atoms with van der Waals surface area (Å²) in [6.45, 7) is 1.19. The molecule has 0 spiro atoms. The Kier molecular flexibility index (Phi) is 3.69. The predicted molar refractivity (Wildman–Crippen MR) is 89.4 cm³/mol. The molecule has 22 heavy (non-hydrogen) atoms. The molecule has 0 radical (unpaired) electrons. The highest BCUT2D eigenvalue weighted by Gasteiger charge is 2.13. The van der Waals surface area contributed by atoms with Crippen molar-refractivity contribution in [3.05, 3.63) is 42.6 Å². The van der Waals surface area contributed by atoms with Gasteiger partial charge in [0.25, 0.3) is 0 Å². The van der Waals surface area contributed by atoms with Gasteiger partial charge in [-0.15, -0.1) is 0 Å². The second-order valence-electron chi connectivity index (χ2n) is 5.17. The molecule has 0 amide bonds. The topological polar surface area (TPSA) is 81.3 Å². The van der Waals surface area contributed by atoms with Crippen LogP contribution in [0.1, 0.15) is 0 Å². The molecule has 0 saturated heterocycles. The van der Waals surface area contributed by atoms with Gasteiger partial charge >= 0.3 is 6.92 Å². The first-order chi connectivity index (χ1) is 10.6. The van der Waals surface area contributed by atoms with Crippen LogP contribution in [0.4, 0.5) is 5.69 Å². The van der Waals surface area contributed by atoms with Crippen molar-refractivity contribution in [2.45, 2.75) is 6.82 Å². The van der Waals surface area contributed by atoms with Crippen LogP contribution in [-0.2, 0) is 0 Å². The van der Waals surface area contributed by atoms with Crippen LogP contribution in [0.25, 0.3) is 22.0 Å². The molecule has 0 unspecified atom stereocenters. The van der Waals surface area contributed by atoms with E-state index in [2.05, 4.69) is 10.2 Å². The molecule has 0 fully saturated rings. The van der Waals surface area contributed by atoms with Crippen LogP contribution in [0.15, 0.2) is 42.6 Å². The number of nitrogen functional groups attached to an aromatic ring is 1. The molecule has 0 saturated carbocycles. The summed E-state index contributed by atoms with van der Waals surface area (Å²) in [5.74, 6) is 0.737. The highest BCUT2D eigenvalue weighted by atomic mass is 16.5. The largest absolute Gasteiger partial charge is 0.496 e. The van der Waals surface area contributed by atoms with Gasteiger partial charge in [-0.3, -0.25) is 0 Å². The van der Waals surface area contributed by atoms with Crippen LogP contribution in [0.3, 0.4) is 0 Å². The Balaban J connectivity index is 2.19. The zero-order valence-corrected chi connectivity index (χ0v) is 12.4. The lowest BCUT2D eigenvalue weighted by Crippen LogP contribution is -2.26. The zero-order valence-electron chi connectivity index (χ0n) is 12.4. The third-order valence-electron chi connectivity index (χ3n) is 3.69. The van der Waals surface area contributed by atoms with Crippen molar-refractivity contribution >= 4 is 29.0 Å². The summed E-state index contributed by atoms with van der Waals surface area (Å²) in [7, 11) is 1.62. The van der Waals surface area contributed by atoms with Gasteiger partial charge in [0, 0.05) is 10.9 Å². The maximum atomic E-state index is 9.79. The lowest BCUT2D eigenvalue weighted by atomic mass is 9.64. The summed E-state index contributed by atoms with van der Waals surface area (Å²) < 4.78 is 5.43. The minimum atomic E-state index is -0.541. The zero-order chi connectivity index (χ0) is 15.7. The van der Waals surface area contributed by atoms with E-state index in [-0.39, 0.29) is 0 Å². The van der Waals surface area contributed by atoms with Crippen LogP contribution in [0, 0.1) is 0 Å². The number of anilines is 1. The van der Waals surface area contributed by atoms with Crippen molar-refractivity contribution in [1.82, 2.24) is 10.2 Å². The summed E-state index contributed by atoms with van der Waals surface area (Å²) >= 11 is 0. The van der Waals surface area contributed by atoms with E-state index in [1.54, 1.807) is 13.9 Å². The first-order valence-corrected chi connectivity index (χ1v) is 6.97. The van der Waals surface area contributed by atoms with Crippen molar-refractivity contribution in [2.24, 2.45) is 0 Å². The van der Waals surface area contributed by atoms with E-state index in [4.69, 9.17) is 10.5 Å². The number of nitrogens with two attached hydrogens (primary N) is 1. The van der Waals surface area contributed by atoms with E-state index in [0.717, 1.165) is 33.2 Å². The fraction of sp³-hybridized carbons (Fsp3) is 0.125. The van der Waals surface area contributed by atoms with Crippen LogP contribution in [0.2, 0.25) is 6.82 Å². The monoisotopic (exact) mass is 293 g/mol. The van der Waals surface area contributed by atoms with Crippen molar-refractivity contribution < 1.29 is 9.76 Å². The average Bonchev–Trinajstić information content (AvgIpc) is 2.54. The molecule has 3 rings (SSSR count). The third kappa shape index (κ3) is 2.49. The number of rotatable bonds is 3. The highest BCUT2D eigenvalue weighted by Crippen LogP contribution is 2.31. The van der Waals surface area contributed by atoms with Gasteiger partial charge in [0.05, 0.1) is 24.5 Å². The summed E-state index contributed by atoms with van der Waals surface area (Å²) in [6, 6.07) is 11.4. The molecule has 0 aliphatic heterocycles. The predicted octanol–water partition coefficient (Wildman–Crippen LogP) is 1.71. The standard InChI is InChI=1S/C16H16BN3O2/c1-17(21)11-4-6-16(22-2)13(8-11)10-3-5-12-14(18)9-19-20-15(12)7-10/h3-9,21H,1-2H3,(H2,18,20). The number of hydrogen-bond acceptors (Lipinski definition) is 5. The number of fused-ring (bicyclic) bond motifs is 1. The number of aromatic nitrogens is 2. The van der Waals surface area contributed by atoms with Crippen LogP contribution in [-0.4, -0.2) is 29.2 Å². The number of hydrogen-bond donors (Lipinski definition) is 2. The molecule has 0 bridgehead atoms. The molecular weight excluding hydrogens is 277 g/mol. The SMILES string of the molecule is COc1ccc(B(C)O)cc1-c1ccc2c(N)cnnc2c1. The van der Waals surface area contributed by atoms with Gasteiger partial charge in [0.1, 0.15) is 5.75 Å². The molecule has 3 aromatic rings. The number of ether oxygens (including phenoxy) is 1. The minimum absolute atomic E-state index is 0.541. The molecule has 0 atom stereocenters. The summed E-state index contributed by atoms with van der Waals surface area (Å²) in [4.78, 5) is 0. The fourth-order valence-electron chi connectivity index (χ4n) is 2.46. The van der Waals surface area contributed by atoms with Gasteiger partial charge in [-0.05, 0) is 29.2 Å². The Labute approximate surface area is 128 Å². The molecule has 1 heterocycles. The van der Waals surface area contributed by atoms with E-state index >= 15 is 0 Å². The highest BCUT2D eigenvalue weighted by molar-refractivity contribution is 6.64. The summed E-state index contributed by atoms with van der Waals surface area (Å²) in [5.41, 5.74) is 9.89. The molecule has 0 aliphatic carbocycles. The Hall–Kier alpha value is -2.60. The van der Waals surface area contributed by atoms with E-state index < -0.39 is 6.92 Å². The molecule has 6 heteroatoms. The van der Waals surface area contributed by atoms with Crippen molar-refractivity contribution in [3.8, 4) is 16.9 Å². The van der Waals surface area contributed by atoms with Gasteiger partial charge in [-0.1, -0.05) is 25.0 Å². The maximum absolute atomic E-state index is 9.79. The molecule has 5 nitrogen and oxygen atoms in total. The molecule has 110 valence electrons. The number of nitrogens with zero attached hydrogens (tertiary/aromatic N) is 2. The van der Waals surface area contributed by atoms with Gasteiger partial charge in [0.2, 0.25) is 0 Å². The Morgan fingerprint density at radius 1 is 1.18 bits per heavy atom. The lowest BCUT2D eigenvalue weighted by Gasteiger charge is -2.12. The second kappa shape index (κ2) is 5.65. The summed E-state index contributed by atoms with van der Waals surface area (Å²) in [6.07, 6.45) is 1.54. The quantitative estimate of drug-likeness (QED) is 0.718. The minimum Gasteiger partial charge on any atom is -0.496 e. The molecular formula is C16H16BN3O2. The van der Waals surface area contributed by atoms with Crippen LogP contribution >= 0.6 is 0 Å². The second-order valence-corrected chi connectivity index (χ2v) is 5.17. The van der Waals surface area contributed by atoms with Crippen molar-refractivity contribution in [2.75, 3.05) is 12.8 Å². The Morgan fingerprint density at radius 3 is 2.73 bits per heavy atom. The van der Waals surface area contributed by atoms with Gasteiger partial charge in [-0.2, -0.15) is 10.2 Å². The van der Waals surface area contributed by atoms with E-state index in [0.29, 0.717) is 5.69 Å². The first kappa shape index (κ1) is 14.3. The van der Waals surface area contributed by atoms with Crippen molar-refractivity contribution in [1.29, 1.82) is 0 Å². The van der Waals surface area contributed by atoms with Crippen molar-refractivity contribution in [3.63, 3.8) is 0 Å². The van der Waals surface area contributed by atoms with E-state index in [1.165, 1.54) is 6.20 Å². The molecule has 2 aromatic carbocycles. The fourth-order valence-corrected chi connectivity index (χ4v) is 2.46. The smallest absolute Gasteiger partial charge is 0.320 e. The summed E-state index contributed by atoms with van der Waals surface area (Å²) in [5, 5.41) is 18.7. The van der Waals surface area contributed by atoms with Gasteiger partial charge < -0.3 is 15.5 Å². The van der Waals surface area contributed by atoms with E-state index in [9.17, 15) is 5.02 Å². The van der Waals surface area contributed by atoms with Gasteiger partial charge in [-0.25, -0.2) is 0 Å². The Bertz CT molecular complexity index is 837. The molecule has 1 aromatic heterocycles. The average molecular weight is 293 g/mol. The maximum Gasteiger partial charge on any atom is 0.320 e. The van der Waals surface area contributed by atoms with Gasteiger partial charge in [0.15, 0.2) is 0 Å². The lowest BCUT2D eigenvalue weighted by molar-refractivity contribution is 0.416. The molecule has 3 N–H and O–H groups in total. The normalized spacial score (nSPS) is 10.7. The number of methoxy groups -OCH3 is 1. The van der Waals surface area contributed by atoms with Crippen LogP contribution < -0.4 is 15.9 Å². The number of benzene rings is 2. The van der Waals surface area contributed by atoms with E-state index in [1.807, 2.05) is 36.4 Å².